The molecule has 2 aromatic carbocycles. The van der Waals surface area contributed by atoms with E-state index < -0.39 is 0 Å². The second kappa shape index (κ2) is 8.69. The first-order valence-corrected chi connectivity index (χ1v) is 9.47. The molecule has 0 bridgehead atoms. The second-order valence-corrected chi connectivity index (χ2v) is 6.92. The first-order chi connectivity index (χ1) is 13.5. The van der Waals surface area contributed by atoms with Crippen LogP contribution in [0.3, 0.4) is 0 Å². The zero-order chi connectivity index (χ0) is 20.1. The van der Waals surface area contributed by atoms with E-state index in [1.807, 2.05) is 37.3 Å². The number of hydrogen-bond acceptors (Lipinski definition) is 4. The number of ether oxygens (including phenoxy) is 1. The number of benzene rings is 2. The molecule has 1 amide bonds. The van der Waals surface area contributed by atoms with Crippen molar-refractivity contribution in [3.05, 3.63) is 70.3 Å². The van der Waals surface area contributed by atoms with Gasteiger partial charge in [-0.15, -0.1) is 0 Å². The van der Waals surface area contributed by atoms with Gasteiger partial charge in [-0.05, 0) is 36.6 Å². The fourth-order valence-electron chi connectivity index (χ4n) is 3.09. The van der Waals surface area contributed by atoms with Crippen molar-refractivity contribution in [3.8, 4) is 5.75 Å². The van der Waals surface area contributed by atoms with Crippen LogP contribution in [0, 0.1) is 0 Å². The lowest BCUT2D eigenvalue weighted by Gasteiger charge is -2.21. The average molecular weight is 379 g/mol. The molecule has 0 aliphatic carbocycles. The number of rotatable bonds is 7. The zero-order valence-electron chi connectivity index (χ0n) is 16.4. The van der Waals surface area contributed by atoms with Crippen LogP contribution >= 0.6 is 0 Å². The van der Waals surface area contributed by atoms with Gasteiger partial charge in [0, 0.05) is 6.54 Å². The number of carbonyl (C=O) groups is 1. The van der Waals surface area contributed by atoms with Crippen LogP contribution in [0.2, 0.25) is 0 Å². The van der Waals surface area contributed by atoms with Crippen LogP contribution < -0.4 is 10.3 Å². The van der Waals surface area contributed by atoms with Gasteiger partial charge in [-0.3, -0.25) is 9.59 Å². The van der Waals surface area contributed by atoms with Crippen LogP contribution in [0.4, 0.5) is 0 Å². The molecule has 0 aliphatic heterocycles. The van der Waals surface area contributed by atoms with Gasteiger partial charge in [0.1, 0.15) is 11.6 Å². The number of fused-ring (bicyclic) bond motifs is 1. The van der Waals surface area contributed by atoms with Crippen molar-refractivity contribution in [3.63, 3.8) is 0 Å². The highest BCUT2D eigenvalue weighted by Crippen LogP contribution is 2.25. The molecule has 0 fully saturated rings. The summed E-state index contributed by atoms with van der Waals surface area (Å²) in [6.07, 6.45) is 0. The number of nitrogens with one attached hydrogen (secondary N) is 1. The molecule has 0 atom stereocenters. The predicted molar refractivity (Wildman–Crippen MR) is 109 cm³/mol. The number of para-hydroxylation sites is 2. The van der Waals surface area contributed by atoms with Crippen molar-refractivity contribution in [1.82, 2.24) is 14.9 Å². The fraction of sp³-hybridized carbons (Fsp3) is 0.318. The Morgan fingerprint density at radius 3 is 2.61 bits per heavy atom. The van der Waals surface area contributed by atoms with Crippen molar-refractivity contribution in [2.24, 2.45) is 0 Å². The first-order valence-electron chi connectivity index (χ1n) is 9.47. The number of likely N-dealkylation sites (N-methyl/N-ethyl adjacent to an activating group) is 1. The maximum absolute atomic E-state index is 12.7. The van der Waals surface area contributed by atoms with E-state index in [1.165, 1.54) is 0 Å². The van der Waals surface area contributed by atoms with E-state index in [1.54, 1.807) is 23.1 Å². The minimum Gasteiger partial charge on any atom is -0.483 e. The van der Waals surface area contributed by atoms with Gasteiger partial charge in [-0.25, -0.2) is 4.98 Å². The van der Waals surface area contributed by atoms with Crippen molar-refractivity contribution in [2.75, 3.05) is 13.2 Å². The maximum Gasteiger partial charge on any atom is 0.260 e. The summed E-state index contributed by atoms with van der Waals surface area (Å²) in [7, 11) is 0. The van der Waals surface area contributed by atoms with Crippen molar-refractivity contribution >= 4 is 16.8 Å². The topological polar surface area (TPSA) is 75.3 Å². The number of aromatic nitrogens is 2. The molecule has 1 heterocycles. The summed E-state index contributed by atoms with van der Waals surface area (Å²) in [5, 5.41) is 0.536. The third-order valence-electron chi connectivity index (χ3n) is 4.63. The molecule has 1 N–H and O–H groups in total. The highest BCUT2D eigenvalue weighted by atomic mass is 16.5. The Bertz CT molecular complexity index is 1030. The van der Waals surface area contributed by atoms with Gasteiger partial charge in [-0.1, -0.05) is 44.2 Å². The lowest BCUT2D eigenvalue weighted by Crippen LogP contribution is -2.35. The van der Waals surface area contributed by atoms with E-state index >= 15 is 0 Å². The number of H-pyrrole nitrogens is 1. The minimum absolute atomic E-state index is 0.0601. The Morgan fingerprint density at radius 1 is 1.14 bits per heavy atom. The number of amides is 1. The van der Waals surface area contributed by atoms with Gasteiger partial charge in [-0.2, -0.15) is 0 Å². The van der Waals surface area contributed by atoms with E-state index in [2.05, 4.69) is 23.8 Å². The lowest BCUT2D eigenvalue weighted by molar-refractivity contribution is -0.133. The Labute approximate surface area is 164 Å². The number of carbonyl (C=O) groups excluding carboxylic acids is 1. The molecule has 28 heavy (non-hydrogen) atoms. The van der Waals surface area contributed by atoms with Crippen LogP contribution in [0.25, 0.3) is 10.9 Å². The summed E-state index contributed by atoms with van der Waals surface area (Å²) in [4.78, 5) is 33.7. The van der Waals surface area contributed by atoms with Crippen molar-refractivity contribution in [1.29, 1.82) is 0 Å². The zero-order valence-corrected chi connectivity index (χ0v) is 16.4. The molecule has 0 radical (unpaired) electrons. The highest BCUT2D eigenvalue weighted by Gasteiger charge is 2.16. The van der Waals surface area contributed by atoms with Crippen LogP contribution in [-0.4, -0.2) is 33.9 Å². The van der Waals surface area contributed by atoms with Gasteiger partial charge in [0.2, 0.25) is 0 Å². The Kier molecular flexibility index (Phi) is 6.09. The summed E-state index contributed by atoms with van der Waals surface area (Å²) in [6.45, 7) is 6.72. The Balaban J connectivity index is 1.72. The monoisotopic (exact) mass is 379 g/mol. The minimum atomic E-state index is -0.203. The number of aromatic amines is 1. The van der Waals surface area contributed by atoms with Crippen LogP contribution in [-0.2, 0) is 11.3 Å². The molecule has 0 saturated heterocycles. The van der Waals surface area contributed by atoms with E-state index in [0.717, 1.165) is 11.3 Å². The lowest BCUT2D eigenvalue weighted by atomic mass is 10.0. The molecule has 1 aromatic heterocycles. The van der Waals surface area contributed by atoms with Crippen molar-refractivity contribution in [2.45, 2.75) is 33.2 Å². The SMILES string of the molecule is CCN(Cc1nc2ccccc2c(=O)[nH]1)C(=O)COc1ccccc1C(C)C. The van der Waals surface area contributed by atoms with E-state index in [0.29, 0.717) is 29.2 Å². The smallest absolute Gasteiger partial charge is 0.260 e. The molecule has 6 heteroatoms. The number of nitrogens with zero attached hydrogens (tertiary/aromatic N) is 2. The van der Waals surface area contributed by atoms with Gasteiger partial charge >= 0.3 is 0 Å². The van der Waals surface area contributed by atoms with Gasteiger partial charge in [0.05, 0.1) is 17.4 Å². The second-order valence-electron chi connectivity index (χ2n) is 6.92. The summed E-state index contributed by atoms with van der Waals surface area (Å²) in [5.74, 6) is 1.33. The molecule has 0 unspecified atom stereocenters. The molecule has 3 rings (SSSR count). The Morgan fingerprint density at radius 2 is 1.86 bits per heavy atom. The number of hydrogen-bond donors (Lipinski definition) is 1. The quantitative estimate of drug-likeness (QED) is 0.682. The van der Waals surface area contributed by atoms with E-state index in [-0.39, 0.29) is 24.6 Å². The normalized spacial score (nSPS) is 11.0. The molecular formula is C22H25N3O3. The largest absolute Gasteiger partial charge is 0.483 e. The predicted octanol–water partition coefficient (Wildman–Crippen LogP) is 3.47. The third-order valence-corrected chi connectivity index (χ3v) is 4.63. The molecule has 0 spiro atoms. The molecular weight excluding hydrogens is 354 g/mol. The maximum atomic E-state index is 12.7. The van der Waals surface area contributed by atoms with Gasteiger partial charge in [0.25, 0.3) is 11.5 Å². The summed E-state index contributed by atoms with van der Waals surface area (Å²) >= 11 is 0. The summed E-state index contributed by atoms with van der Waals surface area (Å²) in [5.41, 5.74) is 1.48. The molecule has 146 valence electrons. The van der Waals surface area contributed by atoms with E-state index in [4.69, 9.17) is 4.74 Å². The van der Waals surface area contributed by atoms with Gasteiger partial charge < -0.3 is 14.6 Å². The first kappa shape index (κ1) is 19.6. The van der Waals surface area contributed by atoms with Crippen LogP contribution in [0.5, 0.6) is 5.75 Å². The standard InChI is InChI=1S/C22H25N3O3/c1-4-25(13-20-23-18-11-7-5-10-17(18)22(27)24-20)21(26)14-28-19-12-8-6-9-16(19)15(2)3/h5-12,15H,4,13-14H2,1-3H3,(H,23,24,27). The van der Waals surface area contributed by atoms with Gasteiger partial charge in [0.15, 0.2) is 6.61 Å². The summed E-state index contributed by atoms with van der Waals surface area (Å²) in [6, 6.07) is 14.9. The summed E-state index contributed by atoms with van der Waals surface area (Å²) < 4.78 is 5.79. The van der Waals surface area contributed by atoms with Crippen LogP contribution in [0.1, 0.15) is 38.1 Å². The van der Waals surface area contributed by atoms with Crippen LogP contribution in [0.15, 0.2) is 53.3 Å². The molecule has 3 aromatic rings. The highest BCUT2D eigenvalue weighted by molar-refractivity contribution is 5.78. The molecule has 0 aliphatic rings. The molecule has 6 nitrogen and oxygen atoms in total. The average Bonchev–Trinajstić information content (AvgIpc) is 2.70. The fourth-order valence-corrected chi connectivity index (χ4v) is 3.09. The molecule has 0 saturated carbocycles. The van der Waals surface area contributed by atoms with Crippen molar-refractivity contribution < 1.29 is 9.53 Å². The van der Waals surface area contributed by atoms with E-state index in [9.17, 15) is 9.59 Å². The third kappa shape index (κ3) is 4.39. The Hall–Kier alpha value is -3.15.